The molecule has 9 heteroatoms. The number of likely N-dealkylation sites (tertiary alicyclic amines) is 1. The average Bonchev–Trinajstić information content (AvgIpc) is 3.10. The van der Waals surface area contributed by atoms with Crippen LogP contribution in [0.1, 0.15) is 25.3 Å². The third-order valence-corrected chi connectivity index (χ3v) is 7.17. The van der Waals surface area contributed by atoms with Crippen molar-refractivity contribution in [2.75, 3.05) is 23.7 Å². The van der Waals surface area contributed by atoms with Crippen molar-refractivity contribution >= 4 is 63.7 Å². The lowest BCUT2D eigenvalue weighted by Crippen LogP contribution is -2.40. The van der Waals surface area contributed by atoms with Crippen LogP contribution in [-0.2, 0) is 9.59 Å². The first kappa shape index (κ1) is 23.8. The molecule has 2 aromatic rings. The van der Waals surface area contributed by atoms with Crippen molar-refractivity contribution in [2.24, 2.45) is 10.9 Å². The molecule has 0 unspecified atom stereocenters. The molecule has 0 N–H and O–H groups in total. The van der Waals surface area contributed by atoms with E-state index < -0.39 is 11.7 Å². The number of anilines is 1. The molecule has 1 fully saturated rings. The zero-order valence-electron chi connectivity index (χ0n) is 17.9. The van der Waals surface area contributed by atoms with Crippen molar-refractivity contribution in [3.05, 3.63) is 69.6 Å². The minimum absolute atomic E-state index is 0.0166. The van der Waals surface area contributed by atoms with Gasteiger partial charge in [-0.15, -0.1) is 0 Å². The first-order valence-electron chi connectivity index (χ1n) is 10.6. The lowest BCUT2D eigenvalue weighted by Gasteiger charge is -2.31. The van der Waals surface area contributed by atoms with Crippen LogP contribution in [0.3, 0.4) is 0 Å². The Bertz CT molecular complexity index is 1150. The minimum Gasteiger partial charge on any atom is -0.342 e. The van der Waals surface area contributed by atoms with Crippen LogP contribution < -0.4 is 4.90 Å². The molecule has 2 aliphatic rings. The van der Waals surface area contributed by atoms with E-state index in [4.69, 9.17) is 23.2 Å². The predicted molar refractivity (Wildman–Crippen MR) is 133 cm³/mol. The van der Waals surface area contributed by atoms with Gasteiger partial charge >= 0.3 is 0 Å². The molecule has 2 aliphatic heterocycles. The van der Waals surface area contributed by atoms with Crippen molar-refractivity contribution in [1.29, 1.82) is 0 Å². The summed E-state index contributed by atoms with van der Waals surface area (Å²) < 4.78 is 14.6. The van der Waals surface area contributed by atoms with Gasteiger partial charge in [0.05, 0.1) is 21.5 Å². The summed E-state index contributed by atoms with van der Waals surface area (Å²) in [7, 11) is 0. The fourth-order valence-corrected chi connectivity index (χ4v) is 5.05. The number of amides is 2. The van der Waals surface area contributed by atoms with E-state index in [9.17, 15) is 14.0 Å². The van der Waals surface area contributed by atoms with Crippen LogP contribution >= 0.6 is 35.0 Å². The summed E-state index contributed by atoms with van der Waals surface area (Å²) in [6, 6.07) is 11.0. The highest BCUT2D eigenvalue weighted by Crippen LogP contribution is 2.32. The summed E-state index contributed by atoms with van der Waals surface area (Å²) in [4.78, 5) is 33.5. The van der Waals surface area contributed by atoms with Crippen LogP contribution in [0.15, 0.2) is 53.2 Å². The normalized spacial score (nSPS) is 19.9. The van der Waals surface area contributed by atoms with E-state index in [0.717, 1.165) is 37.7 Å². The Hall–Kier alpha value is -2.35. The number of piperidine rings is 1. The molecular formula is C24H22Cl2FN3O2S. The lowest BCUT2D eigenvalue weighted by atomic mass is 10.0. The first-order chi connectivity index (χ1) is 15.8. The van der Waals surface area contributed by atoms with E-state index >= 15 is 0 Å². The number of para-hydroxylation sites is 1. The molecule has 2 amide bonds. The number of benzene rings is 2. The summed E-state index contributed by atoms with van der Waals surface area (Å²) in [6.45, 7) is 3.59. The maximum absolute atomic E-state index is 14.6. The third-order valence-electron chi connectivity index (χ3n) is 5.50. The Balaban J connectivity index is 1.61. The van der Waals surface area contributed by atoms with Gasteiger partial charge in [0.1, 0.15) is 11.5 Å². The fraction of sp³-hybridized carbons (Fsp3) is 0.292. The second-order valence-electron chi connectivity index (χ2n) is 8.07. The van der Waals surface area contributed by atoms with Crippen LogP contribution in [0.5, 0.6) is 0 Å². The second-order valence-corrected chi connectivity index (χ2v) is 9.82. The number of hydrogen-bond donors (Lipinski definition) is 0. The van der Waals surface area contributed by atoms with Gasteiger partial charge < -0.3 is 4.90 Å². The molecule has 5 nitrogen and oxygen atoms in total. The number of amidine groups is 1. The van der Waals surface area contributed by atoms with Crippen LogP contribution in [0.4, 0.5) is 10.1 Å². The predicted octanol–water partition coefficient (Wildman–Crippen LogP) is 5.87. The van der Waals surface area contributed by atoms with Crippen molar-refractivity contribution in [3.8, 4) is 0 Å². The molecule has 1 atom stereocenters. The van der Waals surface area contributed by atoms with Crippen LogP contribution in [0.2, 0.25) is 10.0 Å². The molecule has 172 valence electrons. The zero-order chi connectivity index (χ0) is 23.5. The topological polar surface area (TPSA) is 53.0 Å². The molecule has 0 saturated carbocycles. The average molecular weight is 506 g/mol. The fourth-order valence-electron chi connectivity index (χ4n) is 3.83. The first-order valence-corrected chi connectivity index (χ1v) is 12.3. The van der Waals surface area contributed by atoms with Crippen LogP contribution in [-0.4, -0.2) is 40.7 Å². The number of thioether (sulfide) groups is 1. The van der Waals surface area contributed by atoms with Crippen molar-refractivity contribution in [2.45, 2.75) is 19.8 Å². The standard InChI is InChI=1S/C24H22Cl2FN3O2S/c1-15-5-4-10-29(13-15)22(31)14-33-24-28-20(12-16-8-9-17(25)18(26)11-16)23(32)30(24)21-7-3-2-6-19(21)27/h2-3,6-9,11-12,15H,4-5,10,13-14H2,1H3/b20-12-/t15-/m0/s1. The Kier molecular flexibility index (Phi) is 7.41. The molecule has 33 heavy (non-hydrogen) atoms. The van der Waals surface area contributed by atoms with Gasteiger partial charge in [-0.05, 0) is 54.7 Å². The Morgan fingerprint density at radius 2 is 2.03 bits per heavy atom. The number of carbonyl (C=O) groups excluding carboxylic acids is 2. The molecule has 0 aromatic heterocycles. The summed E-state index contributed by atoms with van der Waals surface area (Å²) >= 11 is 13.2. The smallest absolute Gasteiger partial charge is 0.283 e. The molecule has 0 bridgehead atoms. The molecule has 2 aromatic carbocycles. The highest BCUT2D eigenvalue weighted by atomic mass is 35.5. The Morgan fingerprint density at radius 1 is 1.24 bits per heavy atom. The molecule has 0 aliphatic carbocycles. The van der Waals surface area contributed by atoms with Gasteiger partial charge in [0.25, 0.3) is 5.91 Å². The van der Waals surface area contributed by atoms with E-state index in [1.54, 1.807) is 36.4 Å². The molecule has 4 rings (SSSR count). The van der Waals surface area contributed by atoms with Gasteiger partial charge in [-0.25, -0.2) is 9.38 Å². The van der Waals surface area contributed by atoms with E-state index in [2.05, 4.69) is 11.9 Å². The number of carbonyl (C=O) groups is 2. The van der Waals surface area contributed by atoms with Gasteiger partial charge in [0, 0.05) is 13.1 Å². The lowest BCUT2D eigenvalue weighted by molar-refractivity contribution is -0.130. The van der Waals surface area contributed by atoms with E-state index in [0.29, 0.717) is 21.5 Å². The zero-order valence-corrected chi connectivity index (χ0v) is 20.3. The van der Waals surface area contributed by atoms with Crippen LogP contribution in [0.25, 0.3) is 6.08 Å². The number of hydrogen-bond acceptors (Lipinski definition) is 4. The highest BCUT2D eigenvalue weighted by Gasteiger charge is 2.34. The summed E-state index contributed by atoms with van der Waals surface area (Å²) in [6.07, 6.45) is 3.66. The number of halogens is 3. The van der Waals surface area contributed by atoms with Crippen molar-refractivity contribution < 1.29 is 14.0 Å². The molecule has 1 saturated heterocycles. The van der Waals surface area contributed by atoms with Gasteiger partial charge in [-0.3, -0.25) is 14.5 Å². The minimum atomic E-state index is -0.550. The largest absolute Gasteiger partial charge is 0.342 e. The second kappa shape index (κ2) is 10.3. The molecule has 2 heterocycles. The third kappa shape index (κ3) is 5.42. The van der Waals surface area contributed by atoms with E-state index in [1.165, 1.54) is 17.0 Å². The van der Waals surface area contributed by atoms with E-state index in [-0.39, 0.29) is 28.2 Å². The molecule has 0 spiro atoms. The monoisotopic (exact) mass is 505 g/mol. The summed E-state index contributed by atoms with van der Waals surface area (Å²) in [5.74, 6) is -0.464. The molecule has 0 radical (unpaired) electrons. The quantitative estimate of drug-likeness (QED) is 0.488. The van der Waals surface area contributed by atoms with Crippen molar-refractivity contribution in [1.82, 2.24) is 4.90 Å². The Labute approximate surface area is 206 Å². The SMILES string of the molecule is C[C@H]1CCCN(C(=O)CSC2=N/C(=C\c3ccc(Cl)c(Cl)c3)C(=O)N2c2ccccc2F)C1. The maximum atomic E-state index is 14.6. The van der Waals surface area contributed by atoms with Crippen molar-refractivity contribution in [3.63, 3.8) is 0 Å². The number of nitrogens with zero attached hydrogens (tertiary/aromatic N) is 3. The summed E-state index contributed by atoms with van der Waals surface area (Å²) in [5, 5.41) is 1.01. The van der Waals surface area contributed by atoms with Gasteiger partial charge in [-0.2, -0.15) is 0 Å². The molecular weight excluding hydrogens is 484 g/mol. The van der Waals surface area contributed by atoms with Gasteiger partial charge in [0.2, 0.25) is 5.91 Å². The summed E-state index contributed by atoms with van der Waals surface area (Å²) in [5.41, 5.74) is 0.845. The van der Waals surface area contributed by atoms with E-state index in [1.807, 2.05) is 4.90 Å². The van der Waals surface area contributed by atoms with Gasteiger partial charge in [-0.1, -0.05) is 60.1 Å². The highest BCUT2D eigenvalue weighted by molar-refractivity contribution is 8.14. The number of aliphatic imine (C=N–C) groups is 1. The Morgan fingerprint density at radius 3 is 2.76 bits per heavy atom. The van der Waals surface area contributed by atoms with Crippen LogP contribution in [0, 0.1) is 11.7 Å². The van der Waals surface area contributed by atoms with Gasteiger partial charge in [0.15, 0.2) is 5.17 Å². The maximum Gasteiger partial charge on any atom is 0.283 e. The number of rotatable bonds is 4.